The zero-order chi connectivity index (χ0) is 20.1. The maximum atomic E-state index is 12.2. The minimum atomic E-state index is -4.40. The molecule has 1 fully saturated rings. The Morgan fingerprint density at radius 3 is 2.22 bits per heavy atom. The first-order valence-corrected chi connectivity index (χ1v) is 9.89. The van der Waals surface area contributed by atoms with E-state index in [9.17, 15) is 26.4 Å². The molecule has 0 radical (unpaired) electrons. The molecule has 1 aromatic carbocycles. The summed E-state index contributed by atoms with van der Waals surface area (Å²) in [4.78, 5) is 13.3. The third-order valence-electron chi connectivity index (χ3n) is 3.84. The van der Waals surface area contributed by atoms with Gasteiger partial charge in [0.15, 0.2) is 12.4 Å². The van der Waals surface area contributed by atoms with Crippen molar-refractivity contribution in [3.8, 4) is 5.75 Å². The zero-order valence-corrected chi connectivity index (χ0v) is 15.6. The first-order chi connectivity index (χ1) is 12.6. The van der Waals surface area contributed by atoms with Crippen LogP contribution in [-0.2, 0) is 19.6 Å². The van der Waals surface area contributed by atoms with Crippen LogP contribution in [0.15, 0.2) is 24.3 Å². The number of esters is 1. The molecule has 1 aliphatic heterocycles. The molecule has 7 nitrogen and oxygen atoms in total. The molecule has 0 amide bonds. The van der Waals surface area contributed by atoms with Gasteiger partial charge in [0.25, 0.3) is 0 Å². The van der Waals surface area contributed by atoms with Gasteiger partial charge in [0.05, 0.1) is 6.61 Å². The summed E-state index contributed by atoms with van der Waals surface area (Å²) in [7, 11) is -3.73. The van der Waals surface area contributed by atoms with Gasteiger partial charge in [0, 0.05) is 31.9 Å². The Morgan fingerprint density at radius 1 is 1.11 bits per heavy atom. The molecule has 0 saturated carbocycles. The fraction of sp³-hybridized carbons (Fsp3) is 0.562. The summed E-state index contributed by atoms with van der Waals surface area (Å²) < 4.78 is 71.4. The number of benzene rings is 1. The third kappa shape index (κ3) is 6.58. The number of carbonyl (C=O) groups excluding carboxylic acids is 1. The lowest BCUT2D eigenvalue weighted by Crippen LogP contribution is -2.50. The normalized spacial score (nSPS) is 16.2. The molecule has 0 aliphatic carbocycles. The van der Waals surface area contributed by atoms with Crippen molar-refractivity contribution in [3.05, 3.63) is 24.3 Å². The molecular weight excluding hydrogens is 389 g/mol. The smallest absolute Gasteiger partial charge is 0.422 e. The first kappa shape index (κ1) is 21.3. The van der Waals surface area contributed by atoms with Crippen LogP contribution in [0.25, 0.3) is 0 Å². The lowest BCUT2D eigenvalue weighted by molar-refractivity contribution is -0.153. The van der Waals surface area contributed by atoms with Gasteiger partial charge in [0.2, 0.25) is 10.0 Å². The van der Waals surface area contributed by atoms with Crippen LogP contribution in [0.3, 0.4) is 0 Å². The average Bonchev–Trinajstić information content (AvgIpc) is 2.60. The molecule has 1 aromatic rings. The molecule has 0 atom stereocenters. The number of sulfonamides is 1. The molecule has 0 aromatic heterocycles. The minimum Gasteiger partial charge on any atom is -0.484 e. The Balaban J connectivity index is 1.89. The van der Waals surface area contributed by atoms with Gasteiger partial charge in [-0.25, -0.2) is 8.42 Å². The van der Waals surface area contributed by atoms with E-state index in [0.717, 1.165) is 5.69 Å². The molecule has 1 heterocycles. The van der Waals surface area contributed by atoms with E-state index in [2.05, 4.69) is 9.47 Å². The Hall–Kier alpha value is -2.01. The number of rotatable bonds is 7. The van der Waals surface area contributed by atoms with Gasteiger partial charge in [0.1, 0.15) is 5.75 Å². The monoisotopic (exact) mass is 410 g/mol. The van der Waals surface area contributed by atoms with Gasteiger partial charge in [-0.2, -0.15) is 17.5 Å². The lowest BCUT2D eigenvalue weighted by Gasteiger charge is -2.35. The van der Waals surface area contributed by atoms with Gasteiger partial charge >= 0.3 is 12.1 Å². The summed E-state index contributed by atoms with van der Waals surface area (Å²) in [5, 5.41) is 0. The second-order valence-corrected chi connectivity index (χ2v) is 7.81. The standard InChI is InChI=1S/C16H21F3N2O5S/c1-2-25-15(22)11-27(23,24)21-9-7-20(8-10-21)13-3-5-14(6-4-13)26-12-16(17,18)19/h3-6H,2,7-12H2,1H3. The maximum Gasteiger partial charge on any atom is 0.422 e. The molecule has 0 spiro atoms. The van der Waals surface area contributed by atoms with Gasteiger partial charge in [-0.15, -0.1) is 0 Å². The predicted molar refractivity (Wildman–Crippen MR) is 92.2 cm³/mol. The van der Waals surface area contributed by atoms with Crippen LogP contribution in [0.2, 0.25) is 0 Å². The molecular formula is C16H21F3N2O5S. The van der Waals surface area contributed by atoms with Crippen LogP contribution >= 0.6 is 0 Å². The van der Waals surface area contributed by atoms with Gasteiger partial charge in [-0.3, -0.25) is 4.79 Å². The molecule has 0 bridgehead atoms. The lowest BCUT2D eigenvalue weighted by atomic mass is 10.2. The molecule has 152 valence electrons. The van der Waals surface area contributed by atoms with Crippen molar-refractivity contribution in [2.45, 2.75) is 13.1 Å². The van der Waals surface area contributed by atoms with Gasteiger partial charge in [-0.1, -0.05) is 0 Å². The fourth-order valence-corrected chi connectivity index (χ4v) is 3.87. The van der Waals surface area contributed by atoms with Crippen LogP contribution < -0.4 is 9.64 Å². The Kier molecular flexibility index (Phi) is 6.93. The zero-order valence-electron chi connectivity index (χ0n) is 14.7. The van der Waals surface area contributed by atoms with Crippen LogP contribution in [0.5, 0.6) is 5.75 Å². The highest BCUT2D eigenvalue weighted by Gasteiger charge is 2.30. The van der Waals surface area contributed by atoms with Gasteiger partial charge < -0.3 is 14.4 Å². The Morgan fingerprint density at radius 2 is 1.70 bits per heavy atom. The number of hydrogen-bond acceptors (Lipinski definition) is 6. The van der Waals surface area contributed by atoms with Crippen molar-refractivity contribution >= 4 is 21.7 Å². The van der Waals surface area contributed by atoms with Crippen molar-refractivity contribution in [2.75, 3.05) is 50.0 Å². The van der Waals surface area contributed by atoms with Crippen LogP contribution in [0, 0.1) is 0 Å². The fourth-order valence-electron chi connectivity index (χ4n) is 2.59. The highest BCUT2D eigenvalue weighted by atomic mass is 32.2. The van der Waals surface area contributed by atoms with Crippen molar-refractivity contribution in [3.63, 3.8) is 0 Å². The van der Waals surface area contributed by atoms with E-state index in [-0.39, 0.29) is 25.4 Å². The van der Waals surface area contributed by atoms with Crippen LogP contribution in [0.4, 0.5) is 18.9 Å². The molecule has 1 saturated heterocycles. The van der Waals surface area contributed by atoms with Crippen molar-refractivity contribution in [1.29, 1.82) is 0 Å². The maximum absolute atomic E-state index is 12.2. The van der Waals surface area contributed by atoms with E-state index in [1.54, 1.807) is 19.1 Å². The van der Waals surface area contributed by atoms with E-state index >= 15 is 0 Å². The molecule has 27 heavy (non-hydrogen) atoms. The highest BCUT2D eigenvalue weighted by molar-refractivity contribution is 7.89. The predicted octanol–water partition coefficient (Wildman–Crippen LogP) is 1.64. The largest absolute Gasteiger partial charge is 0.484 e. The number of nitrogens with zero attached hydrogens (tertiary/aromatic N) is 2. The number of piperazine rings is 1. The van der Waals surface area contributed by atoms with E-state index in [0.29, 0.717) is 13.1 Å². The average molecular weight is 410 g/mol. The van der Waals surface area contributed by atoms with Crippen molar-refractivity contribution in [1.82, 2.24) is 4.31 Å². The van der Waals surface area contributed by atoms with E-state index in [1.165, 1.54) is 16.4 Å². The summed E-state index contributed by atoms with van der Waals surface area (Å²) in [5.74, 6) is -1.37. The molecule has 11 heteroatoms. The molecule has 0 N–H and O–H groups in total. The highest BCUT2D eigenvalue weighted by Crippen LogP contribution is 2.23. The van der Waals surface area contributed by atoms with Crippen molar-refractivity contribution < 1.29 is 35.9 Å². The van der Waals surface area contributed by atoms with Crippen LogP contribution in [0.1, 0.15) is 6.92 Å². The number of anilines is 1. The van der Waals surface area contributed by atoms with E-state index in [4.69, 9.17) is 0 Å². The summed E-state index contributed by atoms with van der Waals surface area (Å²) >= 11 is 0. The van der Waals surface area contributed by atoms with E-state index < -0.39 is 34.5 Å². The summed E-state index contributed by atoms with van der Waals surface area (Å²) in [6.07, 6.45) is -4.40. The molecule has 2 rings (SSSR count). The summed E-state index contributed by atoms with van der Waals surface area (Å²) in [6.45, 7) is 1.55. The number of alkyl halides is 3. The number of carbonyl (C=O) groups is 1. The Bertz CT molecular complexity index is 729. The SMILES string of the molecule is CCOC(=O)CS(=O)(=O)N1CCN(c2ccc(OCC(F)(F)F)cc2)CC1. The van der Waals surface area contributed by atoms with Crippen molar-refractivity contribution in [2.24, 2.45) is 0 Å². The number of ether oxygens (including phenoxy) is 2. The second-order valence-electron chi connectivity index (χ2n) is 5.85. The Labute approximate surface area is 155 Å². The minimum absolute atomic E-state index is 0.103. The topological polar surface area (TPSA) is 76.2 Å². The third-order valence-corrected chi connectivity index (χ3v) is 5.59. The van der Waals surface area contributed by atoms with E-state index in [1.807, 2.05) is 4.90 Å². The summed E-state index contributed by atoms with van der Waals surface area (Å²) in [6, 6.07) is 6.11. The number of hydrogen-bond donors (Lipinski definition) is 0. The first-order valence-electron chi connectivity index (χ1n) is 8.29. The molecule has 1 aliphatic rings. The quantitative estimate of drug-likeness (QED) is 0.637. The van der Waals surface area contributed by atoms with Gasteiger partial charge in [-0.05, 0) is 31.2 Å². The second kappa shape index (κ2) is 8.79. The van der Waals surface area contributed by atoms with Crippen LogP contribution in [-0.4, -0.2) is 70.0 Å². The molecule has 0 unspecified atom stereocenters. The number of halogens is 3. The summed E-state index contributed by atoms with van der Waals surface area (Å²) in [5.41, 5.74) is 0.747.